The van der Waals surface area contributed by atoms with E-state index in [9.17, 15) is 0 Å². The quantitative estimate of drug-likeness (QED) is 0.459. The zero-order chi connectivity index (χ0) is 16.4. The van der Waals surface area contributed by atoms with Crippen LogP contribution in [0.25, 0.3) is 6.08 Å². The molecular weight excluding hydrogens is 402 g/mol. The molecule has 0 aliphatic heterocycles. The molecule has 0 aromatic heterocycles. The molecule has 0 radical (unpaired) electrons. The topological polar surface area (TPSA) is 0 Å². The Bertz CT molecular complexity index is 676. The molecule has 0 bridgehead atoms. The van der Waals surface area contributed by atoms with Crippen LogP contribution in [-0.4, -0.2) is 13.3 Å². The van der Waals surface area contributed by atoms with Crippen molar-refractivity contribution in [3.05, 3.63) is 62.3 Å². The third kappa shape index (κ3) is 5.12. The van der Waals surface area contributed by atoms with Crippen LogP contribution in [0.3, 0.4) is 0 Å². The fraction of sp³-hybridized carbons (Fsp3) is 0.429. The molecule has 0 spiro atoms. The Morgan fingerprint density at radius 2 is 1.92 bits per heavy atom. The molecule has 2 unspecified atom stereocenters. The van der Waals surface area contributed by atoms with Crippen molar-refractivity contribution >= 4 is 14.0 Å². The fourth-order valence-electron chi connectivity index (χ4n) is 3.74. The average Bonchev–Trinajstić information content (AvgIpc) is 3.13. The number of hydrogen-bond acceptors (Lipinski definition) is 0. The molecule has 2 aliphatic rings. The summed E-state index contributed by atoms with van der Waals surface area (Å²) in [6.07, 6.45) is 11.2. The summed E-state index contributed by atoms with van der Waals surface area (Å²) in [5, 5.41) is 1.74. The van der Waals surface area contributed by atoms with E-state index in [4.69, 9.17) is 0 Å². The van der Waals surface area contributed by atoms with Gasteiger partial charge in [0.25, 0.3) is 0 Å². The van der Waals surface area contributed by atoms with Crippen molar-refractivity contribution in [2.75, 3.05) is 13.3 Å². The minimum absolute atomic E-state index is 0. The van der Waals surface area contributed by atoms with E-state index < -0.39 is 0 Å². The predicted molar refractivity (Wildman–Crippen MR) is 101 cm³/mol. The van der Waals surface area contributed by atoms with Gasteiger partial charge in [-0.15, -0.1) is 0 Å². The maximum Gasteiger partial charge on any atom is -1.00 e. The second kappa shape index (κ2) is 10.5. The van der Waals surface area contributed by atoms with Gasteiger partial charge >= 0.3 is 152 Å². The van der Waals surface area contributed by atoms with E-state index in [0.717, 1.165) is 10.1 Å². The number of benzene rings is 1. The van der Waals surface area contributed by atoms with Gasteiger partial charge in [-0.25, -0.2) is 0 Å². The first-order valence-electron chi connectivity index (χ1n) is 8.75. The van der Waals surface area contributed by atoms with E-state index in [2.05, 4.69) is 69.7 Å². The van der Waals surface area contributed by atoms with E-state index in [1.807, 2.05) is 3.88 Å². The smallest absolute Gasteiger partial charge is 1.00 e. The minimum atomic E-state index is -0.127. The van der Waals surface area contributed by atoms with Gasteiger partial charge in [-0.3, -0.25) is 0 Å². The summed E-state index contributed by atoms with van der Waals surface area (Å²) in [6.45, 7) is 9.58. The number of allylic oxidation sites excluding steroid dienone is 5. The van der Waals surface area contributed by atoms with Gasteiger partial charge in [0.2, 0.25) is 0 Å². The molecule has 0 fully saturated rings. The number of halogens is 2. The normalized spacial score (nSPS) is 19.1. The zero-order valence-electron chi connectivity index (χ0n) is 15.5. The van der Waals surface area contributed by atoms with Crippen molar-refractivity contribution in [1.29, 1.82) is 0 Å². The van der Waals surface area contributed by atoms with E-state index >= 15 is 0 Å². The predicted octanol–water partition coefficient (Wildman–Crippen LogP) is 0.564. The van der Waals surface area contributed by atoms with Crippen LogP contribution in [0.4, 0.5) is 0 Å². The molecule has 0 N–H and O–H groups in total. The molecule has 134 valence electrons. The summed E-state index contributed by atoms with van der Waals surface area (Å²) in [5.74, 6) is 0.742. The third-order valence-electron chi connectivity index (χ3n) is 4.96. The van der Waals surface area contributed by atoms with Crippen LogP contribution in [0, 0.1) is 5.92 Å². The number of rotatable bonds is 6. The van der Waals surface area contributed by atoms with Crippen LogP contribution in [0.5, 0.6) is 0 Å². The summed E-state index contributed by atoms with van der Waals surface area (Å²) in [6, 6.07) is 9.10. The van der Waals surface area contributed by atoms with Gasteiger partial charge in [-0.05, 0) is 0 Å². The SMILES string of the molecule is CCCC(C)C1=[C]([Ti+2][CH]2C(P(C)C)=Cc3ccccc32)CC=C1.[Cl-].[Cl-]. The Hall–Kier alpha value is 0.164. The van der Waals surface area contributed by atoms with Crippen LogP contribution in [0.1, 0.15) is 48.5 Å². The second-order valence-corrected chi connectivity index (χ2v) is 11.5. The third-order valence-corrected chi connectivity index (χ3v) is 9.50. The molecule has 0 saturated carbocycles. The first kappa shape index (κ1) is 23.2. The van der Waals surface area contributed by atoms with Gasteiger partial charge < -0.3 is 24.8 Å². The molecular formula is C21H27Cl2PTi. The van der Waals surface area contributed by atoms with Crippen LogP contribution in [0.15, 0.2) is 51.2 Å². The van der Waals surface area contributed by atoms with Gasteiger partial charge in [0, 0.05) is 0 Å². The summed E-state index contributed by atoms with van der Waals surface area (Å²) < 4.78 is 2.56. The van der Waals surface area contributed by atoms with Crippen LogP contribution < -0.4 is 24.8 Å². The van der Waals surface area contributed by atoms with Gasteiger partial charge in [-0.2, -0.15) is 0 Å². The molecule has 25 heavy (non-hydrogen) atoms. The maximum atomic E-state index is 2.51. The average molecular weight is 429 g/mol. The van der Waals surface area contributed by atoms with Crippen LogP contribution >= 0.6 is 7.92 Å². The summed E-state index contributed by atoms with van der Waals surface area (Å²) in [4.78, 5) is 0. The first-order chi connectivity index (χ1) is 11.1. The Morgan fingerprint density at radius 1 is 1.20 bits per heavy atom. The molecule has 2 atom stereocenters. The van der Waals surface area contributed by atoms with Gasteiger partial charge in [-0.1, -0.05) is 0 Å². The Kier molecular flexibility index (Phi) is 9.73. The first-order valence-corrected chi connectivity index (χ1v) is 12.7. The second-order valence-electron chi connectivity index (χ2n) is 6.90. The van der Waals surface area contributed by atoms with Crippen molar-refractivity contribution in [2.45, 2.75) is 37.3 Å². The van der Waals surface area contributed by atoms with Gasteiger partial charge in [0.15, 0.2) is 0 Å². The van der Waals surface area contributed by atoms with Crippen molar-refractivity contribution in [1.82, 2.24) is 0 Å². The minimum Gasteiger partial charge on any atom is -1.00 e. The fourth-order valence-corrected chi connectivity index (χ4v) is 8.97. The van der Waals surface area contributed by atoms with E-state index in [1.54, 1.807) is 16.5 Å². The van der Waals surface area contributed by atoms with Crippen molar-refractivity contribution in [2.24, 2.45) is 5.92 Å². The Morgan fingerprint density at radius 3 is 2.60 bits per heavy atom. The Labute approximate surface area is 176 Å². The molecule has 0 saturated heterocycles. The van der Waals surface area contributed by atoms with Gasteiger partial charge in [0.1, 0.15) is 0 Å². The largest absolute Gasteiger partial charge is 1.00 e. The molecule has 1 aromatic carbocycles. The van der Waals surface area contributed by atoms with E-state index in [-0.39, 0.29) is 51.9 Å². The molecule has 0 nitrogen and oxygen atoms in total. The standard InChI is InChI=1S/C11H12P.C10H15.2ClH.Ti/c1-12(2)11-7-9-5-3-4-6-10(9)8-11;1-3-6-9(2)10-7-4-5-8-10;;;/h3-8H,1-2H3;4,7,9H,3,5-6H2,1-2H3;2*1H;/q;;;;+2/p-2. The van der Waals surface area contributed by atoms with Crippen LogP contribution in [-0.2, 0) is 19.2 Å². The summed E-state index contributed by atoms with van der Waals surface area (Å²) in [5.41, 5.74) is 4.79. The molecule has 2 aliphatic carbocycles. The van der Waals surface area contributed by atoms with Crippen molar-refractivity contribution in [3.8, 4) is 0 Å². The van der Waals surface area contributed by atoms with Crippen molar-refractivity contribution in [3.63, 3.8) is 0 Å². The van der Waals surface area contributed by atoms with Crippen molar-refractivity contribution < 1.29 is 44.0 Å². The van der Waals surface area contributed by atoms with E-state index in [1.165, 1.54) is 24.8 Å². The molecule has 0 heterocycles. The molecule has 4 heteroatoms. The van der Waals surface area contributed by atoms with E-state index in [0.29, 0.717) is 0 Å². The van der Waals surface area contributed by atoms with Gasteiger partial charge in [0.05, 0.1) is 0 Å². The summed E-state index contributed by atoms with van der Waals surface area (Å²) in [7, 11) is 0.00560. The number of hydrogen-bond donors (Lipinski definition) is 0. The Balaban J connectivity index is 0.00000156. The maximum absolute atomic E-state index is 2.51. The van der Waals surface area contributed by atoms with Crippen LogP contribution in [0.2, 0.25) is 0 Å². The summed E-state index contributed by atoms with van der Waals surface area (Å²) >= 11 is -0.127. The zero-order valence-corrected chi connectivity index (χ0v) is 19.5. The number of fused-ring (bicyclic) bond motifs is 1. The molecule has 0 amide bonds. The molecule has 1 aromatic rings. The monoisotopic (exact) mass is 428 g/mol. The molecule has 3 rings (SSSR count).